The third-order valence-electron chi connectivity index (χ3n) is 2.27. The van der Waals surface area contributed by atoms with E-state index in [0.717, 1.165) is 0 Å². The number of hydrogen-bond donors (Lipinski definition) is 2. The number of hydrogen-bond acceptors (Lipinski definition) is 5. The van der Waals surface area contributed by atoms with Crippen LogP contribution in [0.1, 0.15) is 25.2 Å². The molecule has 1 rings (SSSR count). The fourth-order valence-electron chi connectivity index (χ4n) is 1.45. The molecule has 0 saturated carbocycles. The van der Waals surface area contributed by atoms with Crippen molar-refractivity contribution in [2.45, 2.75) is 19.6 Å². The van der Waals surface area contributed by atoms with Gasteiger partial charge in [-0.25, -0.2) is 0 Å². The van der Waals surface area contributed by atoms with Gasteiger partial charge in [0.2, 0.25) is 0 Å². The molecule has 0 unspecified atom stereocenters. The van der Waals surface area contributed by atoms with E-state index in [0.29, 0.717) is 5.56 Å². The Morgan fingerprint density at radius 2 is 1.94 bits per heavy atom. The maximum atomic E-state index is 12.4. The molecule has 0 heterocycles. The van der Waals surface area contributed by atoms with Gasteiger partial charge < -0.3 is 19.9 Å². The van der Waals surface area contributed by atoms with E-state index < -0.39 is 13.4 Å². The summed E-state index contributed by atoms with van der Waals surface area (Å²) in [4.78, 5) is 0. The largest absolute Gasteiger partial charge is 0.506 e. The van der Waals surface area contributed by atoms with Gasteiger partial charge in [0.15, 0.2) is 0 Å². The SMILES string of the molecule is CCOP(=O)(OCC)[C@H](N)c1ccc(O)c(Cl)c1. The lowest BCUT2D eigenvalue weighted by Gasteiger charge is -2.23. The van der Waals surface area contributed by atoms with Gasteiger partial charge in [0.1, 0.15) is 11.5 Å². The van der Waals surface area contributed by atoms with Crippen LogP contribution in [0.25, 0.3) is 0 Å². The zero-order valence-electron chi connectivity index (χ0n) is 10.3. The molecule has 0 aromatic heterocycles. The second-order valence-corrected chi connectivity index (χ2v) is 6.09. The van der Waals surface area contributed by atoms with Gasteiger partial charge in [-0.1, -0.05) is 17.7 Å². The summed E-state index contributed by atoms with van der Waals surface area (Å²) in [5.74, 6) is -0.995. The fraction of sp³-hybridized carbons (Fsp3) is 0.455. The molecule has 1 aromatic rings. The van der Waals surface area contributed by atoms with Gasteiger partial charge in [0.05, 0.1) is 18.2 Å². The van der Waals surface area contributed by atoms with Gasteiger partial charge in [-0.15, -0.1) is 0 Å². The Labute approximate surface area is 111 Å². The Morgan fingerprint density at radius 1 is 1.39 bits per heavy atom. The molecular formula is C11H17ClNO4P. The zero-order valence-corrected chi connectivity index (χ0v) is 11.9. The molecule has 0 aliphatic carbocycles. The molecule has 0 aliphatic rings. The zero-order chi connectivity index (χ0) is 13.8. The molecule has 7 heteroatoms. The van der Waals surface area contributed by atoms with Crippen molar-refractivity contribution in [3.8, 4) is 5.75 Å². The fourth-order valence-corrected chi connectivity index (χ4v) is 3.28. The molecule has 0 radical (unpaired) electrons. The number of aromatic hydroxyl groups is 1. The van der Waals surface area contributed by atoms with Crippen molar-refractivity contribution in [2.24, 2.45) is 5.73 Å². The lowest BCUT2D eigenvalue weighted by atomic mass is 10.2. The lowest BCUT2D eigenvalue weighted by molar-refractivity contribution is 0.212. The maximum Gasteiger partial charge on any atom is 0.351 e. The molecule has 0 aliphatic heterocycles. The summed E-state index contributed by atoms with van der Waals surface area (Å²) in [7, 11) is -3.43. The van der Waals surface area contributed by atoms with Crippen LogP contribution < -0.4 is 5.73 Å². The predicted molar refractivity (Wildman–Crippen MR) is 70.9 cm³/mol. The third kappa shape index (κ3) is 3.46. The predicted octanol–water partition coefficient (Wildman–Crippen LogP) is 3.27. The first-order chi connectivity index (χ1) is 8.44. The molecule has 1 aromatic carbocycles. The molecule has 1 atom stereocenters. The Morgan fingerprint density at radius 3 is 2.39 bits per heavy atom. The summed E-state index contributed by atoms with van der Waals surface area (Å²) in [6, 6.07) is 4.38. The molecule has 0 amide bonds. The van der Waals surface area contributed by atoms with Crippen molar-refractivity contribution in [1.82, 2.24) is 0 Å². The van der Waals surface area contributed by atoms with Gasteiger partial charge in [0.25, 0.3) is 0 Å². The van der Waals surface area contributed by atoms with Crippen LogP contribution in [-0.2, 0) is 13.6 Å². The van der Waals surface area contributed by atoms with Gasteiger partial charge >= 0.3 is 7.60 Å². The Hall–Kier alpha value is -0.580. The number of rotatable bonds is 6. The monoisotopic (exact) mass is 293 g/mol. The average Bonchev–Trinajstić information content (AvgIpc) is 2.32. The van der Waals surface area contributed by atoms with Crippen LogP contribution in [0.3, 0.4) is 0 Å². The maximum absolute atomic E-state index is 12.4. The Kier molecular flexibility index (Phi) is 5.63. The standard InChI is InChI=1S/C11H17ClNO4P/c1-3-16-18(15,17-4-2)11(13)8-5-6-10(14)9(12)7-8/h5-7,11,14H,3-4,13H2,1-2H3/t11-/m0/s1. The topological polar surface area (TPSA) is 81.8 Å². The molecule has 0 bridgehead atoms. The quantitative estimate of drug-likeness (QED) is 0.787. The number of phenols is 1. The van der Waals surface area contributed by atoms with Crippen LogP contribution in [0.15, 0.2) is 18.2 Å². The molecule has 5 nitrogen and oxygen atoms in total. The lowest BCUT2D eigenvalue weighted by Crippen LogP contribution is -2.15. The third-order valence-corrected chi connectivity index (χ3v) is 4.79. The molecular weight excluding hydrogens is 277 g/mol. The second kappa shape index (κ2) is 6.55. The minimum atomic E-state index is -3.43. The highest BCUT2D eigenvalue weighted by molar-refractivity contribution is 7.54. The van der Waals surface area contributed by atoms with E-state index in [-0.39, 0.29) is 24.0 Å². The summed E-state index contributed by atoms with van der Waals surface area (Å²) in [5, 5.41) is 9.47. The molecule has 3 N–H and O–H groups in total. The van der Waals surface area contributed by atoms with Crippen molar-refractivity contribution in [2.75, 3.05) is 13.2 Å². The molecule has 0 fully saturated rings. The smallest absolute Gasteiger partial charge is 0.351 e. The van der Waals surface area contributed by atoms with Crippen LogP contribution in [0, 0.1) is 0 Å². The van der Waals surface area contributed by atoms with E-state index in [9.17, 15) is 9.67 Å². The van der Waals surface area contributed by atoms with Crippen LogP contribution in [0.5, 0.6) is 5.75 Å². The minimum Gasteiger partial charge on any atom is -0.506 e. The minimum absolute atomic E-state index is 0.0599. The molecule has 102 valence electrons. The second-order valence-electron chi connectivity index (χ2n) is 3.53. The first kappa shape index (κ1) is 15.5. The van der Waals surface area contributed by atoms with Crippen molar-refractivity contribution < 1.29 is 18.7 Å². The van der Waals surface area contributed by atoms with E-state index in [1.54, 1.807) is 13.8 Å². The van der Waals surface area contributed by atoms with Crippen molar-refractivity contribution >= 4 is 19.2 Å². The summed E-state index contributed by atoms with van der Waals surface area (Å²) in [5.41, 5.74) is 6.40. The van der Waals surface area contributed by atoms with Crippen LogP contribution in [0.4, 0.5) is 0 Å². The highest BCUT2D eigenvalue weighted by atomic mass is 35.5. The van der Waals surface area contributed by atoms with Crippen LogP contribution in [0.2, 0.25) is 5.02 Å². The Balaban J connectivity index is 3.05. The first-order valence-corrected chi connectivity index (χ1v) is 7.56. The summed E-state index contributed by atoms with van der Waals surface area (Å²) in [6.07, 6.45) is 0. The highest BCUT2D eigenvalue weighted by Gasteiger charge is 2.34. The van der Waals surface area contributed by atoms with E-state index in [4.69, 9.17) is 26.4 Å². The van der Waals surface area contributed by atoms with Crippen LogP contribution >= 0.6 is 19.2 Å². The van der Waals surface area contributed by atoms with Crippen molar-refractivity contribution in [3.05, 3.63) is 28.8 Å². The van der Waals surface area contributed by atoms with Gasteiger partial charge in [-0.2, -0.15) is 0 Å². The molecule has 18 heavy (non-hydrogen) atoms. The van der Waals surface area contributed by atoms with Gasteiger partial charge in [-0.05, 0) is 31.5 Å². The number of halogens is 1. The van der Waals surface area contributed by atoms with Crippen molar-refractivity contribution in [1.29, 1.82) is 0 Å². The van der Waals surface area contributed by atoms with Crippen LogP contribution in [-0.4, -0.2) is 18.3 Å². The molecule has 0 saturated heterocycles. The molecule has 0 spiro atoms. The van der Waals surface area contributed by atoms with Crippen molar-refractivity contribution in [3.63, 3.8) is 0 Å². The van der Waals surface area contributed by atoms with Gasteiger partial charge in [-0.3, -0.25) is 4.57 Å². The number of nitrogens with two attached hydrogens (primary N) is 1. The average molecular weight is 294 g/mol. The van der Waals surface area contributed by atoms with Gasteiger partial charge in [0, 0.05) is 0 Å². The van der Waals surface area contributed by atoms with E-state index in [1.165, 1.54) is 18.2 Å². The van der Waals surface area contributed by atoms with E-state index in [1.807, 2.05) is 0 Å². The normalized spacial score (nSPS) is 13.6. The number of benzene rings is 1. The summed E-state index contributed by atoms with van der Waals surface area (Å²) >= 11 is 5.79. The summed E-state index contributed by atoms with van der Waals surface area (Å²) in [6.45, 7) is 3.89. The van der Waals surface area contributed by atoms with E-state index >= 15 is 0 Å². The Bertz CT molecular complexity index is 445. The highest BCUT2D eigenvalue weighted by Crippen LogP contribution is 2.58. The summed E-state index contributed by atoms with van der Waals surface area (Å²) < 4.78 is 22.8. The number of phenolic OH excluding ortho intramolecular Hbond substituents is 1. The first-order valence-electron chi connectivity index (χ1n) is 5.57. The van der Waals surface area contributed by atoms with E-state index in [2.05, 4.69) is 0 Å².